The zero-order chi connectivity index (χ0) is 15.9. The van der Waals surface area contributed by atoms with Crippen LogP contribution in [0.3, 0.4) is 0 Å². The second-order valence-electron chi connectivity index (χ2n) is 6.50. The number of piperidine rings is 1. The highest BCUT2D eigenvalue weighted by Gasteiger charge is 2.24. The average Bonchev–Trinajstić information content (AvgIpc) is 2.62. The molecule has 5 nitrogen and oxygen atoms in total. The van der Waals surface area contributed by atoms with Crippen LogP contribution in [-0.2, 0) is 16.1 Å². The van der Waals surface area contributed by atoms with Gasteiger partial charge in [-0.1, -0.05) is 30.3 Å². The lowest BCUT2D eigenvalue weighted by molar-refractivity contribution is -0.126. The van der Waals surface area contributed by atoms with Crippen LogP contribution in [0.15, 0.2) is 30.3 Å². The maximum absolute atomic E-state index is 12.2. The minimum absolute atomic E-state index is 0.0907. The Hall–Kier alpha value is -1.43. The van der Waals surface area contributed by atoms with E-state index in [1.54, 1.807) is 0 Å². The first kappa shape index (κ1) is 16.4. The topological polar surface area (TPSA) is 53.6 Å². The molecule has 2 N–H and O–H groups in total. The maximum atomic E-state index is 12.2. The monoisotopic (exact) mass is 317 g/mol. The molecule has 126 valence electrons. The van der Waals surface area contributed by atoms with E-state index < -0.39 is 0 Å². The van der Waals surface area contributed by atoms with Crippen molar-refractivity contribution in [3.05, 3.63) is 35.9 Å². The van der Waals surface area contributed by atoms with Crippen molar-refractivity contribution in [2.45, 2.75) is 25.5 Å². The van der Waals surface area contributed by atoms with Crippen LogP contribution in [0.5, 0.6) is 0 Å². The van der Waals surface area contributed by atoms with Crippen molar-refractivity contribution in [3.63, 3.8) is 0 Å². The van der Waals surface area contributed by atoms with E-state index in [0.717, 1.165) is 52.2 Å². The van der Waals surface area contributed by atoms with E-state index in [1.165, 1.54) is 5.56 Å². The number of ether oxygens (including phenoxy) is 1. The number of benzene rings is 1. The zero-order valence-corrected chi connectivity index (χ0v) is 13.7. The largest absolute Gasteiger partial charge is 0.374 e. The SMILES string of the molecule is O=C(NCC1CN(Cc2ccccc2)CCO1)C1CCCNC1. The van der Waals surface area contributed by atoms with Crippen LogP contribution in [-0.4, -0.2) is 56.2 Å². The van der Waals surface area contributed by atoms with Crippen LogP contribution in [0, 0.1) is 5.92 Å². The number of morpholine rings is 1. The summed E-state index contributed by atoms with van der Waals surface area (Å²) in [6.07, 6.45) is 2.17. The fraction of sp³-hybridized carbons (Fsp3) is 0.611. The zero-order valence-electron chi connectivity index (χ0n) is 13.7. The Morgan fingerprint density at radius 3 is 3.00 bits per heavy atom. The molecule has 2 aliphatic rings. The summed E-state index contributed by atoms with van der Waals surface area (Å²) in [5.41, 5.74) is 1.32. The second-order valence-corrected chi connectivity index (χ2v) is 6.50. The van der Waals surface area contributed by atoms with Crippen molar-refractivity contribution in [1.29, 1.82) is 0 Å². The van der Waals surface area contributed by atoms with Gasteiger partial charge in [-0.15, -0.1) is 0 Å². The Labute approximate surface area is 138 Å². The number of hydrogen-bond acceptors (Lipinski definition) is 4. The molecule has 0 aliphatic carbocycles. The van der Waals surface area contributed by atoms with Gasteiger partial charge in [0.1, 0.15) is 0 Å². The highest BCUT2D eigenvalue weighted by atomic mass is 16.5. The van der Waals surface area contributed by atoms with Gasteiger partial charge in [0.15, 0.2) is 0 Å². The van der Waals surface area contributed by atoms with Gasteiger partial charge in [0, 0.05) is 32.7 Å². The van der Waals surface area contributed by atoms with Crippen LogP contribution in [0.4, 0.5) is 0 Å². The van der Waals surface area contributed by atoms with E-state index in [1.807, 2.05) is 6.07 Å². The summed E-state index contributed by atoms with van der Waals surface area (Å²) in [5.74, 6) is 0.286. The Morgan fingerprint density at radius 1 is 1.35 bits per heavy atom. The van der Waals surface area contributed by atoms with Crippen LogP contribution < -0.4 is 10.6 Å². The second kappa shape index (κ2) is 8.43. The Kier molecular flexibility index (Phi) is 6.02. The van der Waals surface area contributed by atoms with Crippen LogP contribution in [0.25, 0.3) is 0 Å². The molecular weight excluding hydrogens is 290 g/mol. The predicted molar refractivity (Wildman–Crippen MR) is 90.1 cm³/mol. The van der Waals surface area contributed by atoms with Crippen molar-refractivity contribution in [1.82, 2.24) is 15.5 Å². The first-order valence-corrected chi connectivity index (χ1v) is 8.67. The van der Waals surface area contributed by atoms with Gasteiger partial charge >= 0.3 is 0 Å². The van der Waals surface area contributed by atoms with Gasteiger partial charge < -0.3 is 15.4 Å². The first-order valence-electron chi connectivity index (χ1n) is 8.67. The number of rotatable bonds is 5. The van der Waals surface area contributed by atoms with Crippen LogP contribution in [0.2, 0.25) is 0 Å². The first-order chi connectivity index (χ1) is 11.3. The molecule has 2 heterocycles. The summed E-state index contributed by atoms with van der Waals surface area (Å²) in [6.45, 7) is 5.95. The standard InChI is InChI=1S/C18H27N3O2/c22-18(16-7-4-8-19-11-16)20-12-17-14-21(9-10-23-17)13-15-5-2-1-3-6-15/h1-3,5-6,16-17,19H,4,7-14H2,(H,20,22). The normalized spacial score (nSPS) is 25.9. The van der Waals surface area contributed by atoms with E-state index in [2.05, 4.69) is 39.8 Å². The van der Waals surface area contributed by atoms with Gasteiger partial charge in [-0.05, 0) is 24.9 Å². The van der Waals surface area contributed by atoms with Crippen molar-refractivity contribution in [3.8, 4) is 0 Å². The minimum atomic E-state index is 0.0907. The van der Waals surface area contributed by atoms with Crippen molar-refractivity contribution in [2.75, 3.05) is 39.3 Å². The highest BCUT2D eigenvalue weighted by molar-refractivity contribution is 5.79. The quantitative estimate of drug-likeness (QED) is 0.851. The van der Waals surface area contributed by atoms with Gasteiger partial charge in [0.25, 0.3) is 0 Å². The fourth-order valence-corrected chi connectivity index (χ4v) is 3.32. The van der Waals surface area contributed by atoms with Gasteiger partial charge in [-0.2, -0.15) is 0 Å². The molecule has 1 aromatic carbocycles. The van der Waals surface area contributed by atoms with Crippen LogP contribution >= 0.6 is 0 Å². The molecule has 5 heteroatoms. The fourth-order valence-electron chi connectivity index (χ4n) is 3.32. The number of carbonyl (C=O) groups excluding carboxylic acids is 1. The summed E-state index contributed by atoms with van der Waals surface area (Å²) in [5, 5.41) is 6.36. The number of nitrogens with one attached hydrogen (secondary N) is 2. The van der Waals surface area contributed by atoms with E-state index in [9.17, 15) is 4.79 Å². The molecule has 0 radical (unpaired) electrons. The molecule has 2 aliphatic heterocycles. The van der Waals surface area contributed by atoms with Gasteiger partial charge in [0.2, 0.25) is 5.91 Å². The van der Waals surface area contributed by atoms with Crippen molar-refractivity contribution in [2.24, 2.45) is 5.92 Å². The molecule has 0 saturated carbocycles. The molecular formula is C18H27N3O2. The Bertz CT molecular complexity index is 488. The minimum Gasteiger partial charge on any atom is -0.374 e. The van der Waals surface area contributed by atoms with Crippen molar-refractivity contribution >= 4 is 5.91 Å². The molecule has 2 unspecified atom stereocenters. The Morgan fingerprint density at radius 2 is 2.22 bits per heavy atom. The predicted octanol–water partition coefficient (Wildman–Crippen LogP) is 1.00. The third-order valence-corrected chi connectivity index (χ3v) is 4.64. The lowest BCUT2D eigenvalue weighted by Crippen LogP contribution is -2.49. The smallest absolute Gasteiger partial charge is 0.224 e. The van der Waals surface area contributed by atoms with Gasteiger partial charge in [-0.3, -0.25) is 9.69 Å². The molecule has 23 heavy (non-hydrogen) atoms. The molecule has 3 rings (SSSR count). The van der Waals surface area contributed by atoms with E-state index in [-0.39, 0.29) is 17.9 Å². The molecule has 0 spiro atoms. The third kappa shape index (κ3) is 5.03. The van der Waals surface area contributed by atoms with Gasteiger partial charge in [0.05, 0.1) is 18.6 Å². The molecule has 0 aromatic heterocycles. The van der Waals surface area contributed by atoms with Crippen molar-refractivity contribution < 1.29 is 9.53 Å². The third-order valence-electron chi connectivity index (χ3n) is 4.64. The number of hydrogen-bond donors (Lipinski definition) is 2. The summed E-state index contributed by atoms with van der Waals surface area (Å²) < 4.78 is 5.81. The number of nitrogens with zero attached hydrogens (tertiary/aromatic N) is 1. The molecule has 1 aromatic rings. The van der Waals surface area contributed by atoms with E-state index in [4.69, 9.17) is 4.74 Å². The average molecular weight is 317 g/mol. The Balaban J connectivity index is 1.42. The maximum Gasteiger partial charge on any atom is 0.224 e. The van der Waals surface area contributed by atoms with E-state index >= 15 is 0 Å². The van der Waals surface area contributed by atoms with Crippen LogP contribution in [0.1, 0.15) is 18.4 Å². The number of amides is 1. The molecule has 2 fully saturated rings. The lowest BCUT2D eigenvalue weighted by atomic mass is 9.99. The summed E-state index contributed by atoms with van der Waals surface area (Å²) in [6, 6.07) is 10.5. The molecule has 0 bridgehead atoms. The number of carbonyl (C=O) groups is 1. The summed E-state index contributed by atoms with van der Waals surface area (Å²) in [7, 11) is 0. The molecule has 1 amide bonds. The summed E-state index contributed by atoms with van der Waals surface area (Å²) in [4.78, 5) is 14.6. The van der Waals surface area contributed by atoms with E-state index in [0.29, 0.717) is 6.54 Å². The highest BCUT2D eigenvalue weighted by Crippen LogP contribution is 2.12. The molecule has 2 atom stereocenters. The lowest BCUT2D eigenvalue weighted by Gasteiger charge is -2.33. The summed E-state index contributed by atoms with van der Waals surface area (Å²) >= 11 is 0. The van der Waals surface area contributed by atoms with Gasteiger partial charge in [-0.25, -0.2) is 0 Å². The molecule has 2 saturated heterocycles.